The van der Waals surface area contributed by atoms with Gasteiger partial charge in [0, 0.05) is 5.69 Å². The number of anilines is 1. The van der Waals surface area contributed by atoms with E-state index in [0.29, 0.717) is 12.1 Å². The normalized spacial score (nSPS) is 11.6. The predicted molar refractivity (Wildman–Crippen MR) is 67.2 cm³/mol. The van der Waals surface area contributed by atoms with E-state index >= 15 is 0 Å². The summed E-state index contributed by atoms with van der Waals surface area (Å²) in [5, 5.41) is 21.1. The summed E-state index contributed by atoms with van der Waals surface area (Å²) in [6.45, 7) is -0.144. The molecule has 1 radical (unpaired) electrons. The fourth-order valence-electron chi connectivity index (χ4n) is 1.30. The summed E-state index contributed by atoms with van der Waals surface area (Å²) in [5.74, 6) is -0.323. The standard InChI is InChI=1S/C12H13N2O2S/c1-17-11(8-13)12(16)14-10-4-2-9(3-5-10)6-7-15/h2-5,11H,6-7H2,1H3,(H,14,16). The number of carbonyl (C=O) groups excluding carboxylic acids is 1. The molecule has 17 heavy (non-hydrogen) atoms. The highest BCUT2D eigenvalue weighted by Crippen LogP contribution is 2.13. The molecule has 1 aromatic carbocycles. The van der Waals surface area contributed by atoms with E-state index in [2.05, 4.69) is 5.32 Å². The van der Waals surface area contributed by atoms with E-state index in [-0.39, 0.29) is 12.5 Å². The lowest BCUT2D eigenvalue weighted by atomic mass is 10.1. The maximum Gasteiger partial charge on any atom is 0.251 e. The van der Waals surface area contributed by atoms with Crippen LogP contribution in [0.3, 0.4) is 0 Å². The molecule has 0 aromatic heterocycles. The number of rotatable bonds is 5. The highest BCUT2D eigenvalue weighted by Gasteiger charge is 2.15. The van der Waals surface area contributed by atoms with Gasteiger partial charge in [0.15, 0.2) is 5.25 Å². The van der Waals surface area contributed by atoms with Gasteiger partial charge in [-0.05, 0) is 30.4 Å². The molecule has 89 valence electrons. The van der Waals surface area contributed by atoms with Gasteiger partial charge in [0.2, 0.25) is 0 Å². The Bertz CT molecular complexity index is 412. The van der Waals surface area contributed by atoms with Gasteiger partial charge in [0.1, 0.15) is 0 Å². The predicted octanol–water partition coefficient (Wildman–Crippen LogP) is 1.85. The zero-order valence-electron chi connectivity index (χ0n) is 9.47. The van der Waals surface area contributed by atoms with E-state index in [0.717, 1.165) is 5.56 Å². The van der Waals surface area contributed by atoms with Crippen LogP contribution in [0.2, 0.25) is 0 Å². The molecular formula is C12H13N2O2S. The highest BCUT2D eigenvalue weighted by atomic mass is 32.2. The highest BCUT2D eigenvalue weighted by molar-refractivity contribution is 8.00. The Morgan fingerprint density at radius 3 is 2.59 bits per heavy atom. The maximum absolute atomic E-state index is 11.6. The average molecular weight is 249 g/mol. The number of hydrogen-bond donors (Lipinski definition) is 1. The lowest BCUT2D eigenvalue weighted by molar-refractivity contribution is -0.114. The number of thioether (sulfide) groups is 1. The molecule has 1 N–H and O–H groups in total. The van der Waals surface area contributed by atoms with Crippen molar-refractivity contribution in [2.45, 2.75) is 11.7 Å². The molecule has 5 heteroatoms. The number of carbonyl (C=O) groups is 1. The molecule has 0 heterocycles. The quantitative estimate of drug-likeness (QED) is 0.865. The van der Waals surface area contributed by atoms with Crippen molar-refractivity contribution in [1.82, 2.24) is 0 Å². The largest absolute Gasteiger partial charge is 0.324 e. The Morgan fingerprint density at radius 1 is 1.47 bits per heavy atom. The molecule has 0 bridgehead atoms. The first kappa shape index (κ1) is 13.6. The van der Waals surface area contributed by atoms with Crippen LogP contribution >= 0.6 is 11.8 Å². The number of nitriles is 1. The van der Waals surface area contributed by atoms with Crippen molar-refractivity contribution in [3.8, 4) is 6.07 Å². The lowest BCUT2D eigenvalue weighted by Crippen LogP contribution is -2.23. The smallest absolute Gasteiger partial charge is 0.251 e. The van der Waals surface area contributed by atoms with Gasteiger partial charge in [0.05, 0.1) is 12.7 Å². The fraction of sp³-hybridized carbons (Fsp3) is 0.333. The number of amides is 1. The third-order valence-corrected chi connectivity index (χ3v) is 2.99. The molecule has 0 spiro atoms. The fourth-order valence-corrected chi connectivity index (χ4v) is 1.68. The zero-order valence-corrected chi connectivity index (χ0v) is 10.3. The van der Waals surface area contributed by atoms with Crippen LogP contribution in [0.5, 0.6) is 0 Å². The average Bonchev–Trinajstić information content (AvgIpc) is 2.33. The van der Waals surface area contributed by atoms with E-state index in [9.17, 15) is 9.90 Å². The maximum atomic E-state index is 11.6. The van der Waals surface area contributed by atoms with Gasteiger partial charge in [0.25, 0.3) is 5.91 Å². The van der Waals surface area contributed by atoms with Crippen LogP contribution in [0.15, 0.2) is 24.3 Å². The molecule has 1 aromatic rings. The first-order valence-corrected chi connectivity index (χ1v) is 6.40. The molecule has 1 unspecified atom stereocenters. The second-order valence-electron chi connectivity index (χ2n) is 3.39. The minimum atomic E-state index is -0.698. The molecule has 4 nitrogen and oxygen atoms in total. The van der Waals surface area contributed by atoms with Crippen LogP contribution < -0.4 is 5.32 Å². The number of benzene rings is 1. The van der Waals surface area contributed by atoms with E-state index in [4.69, 9.17) is 5.26 Å². The van der Waals surface area contributed by atoms with Crippen LogP contribution in [0, 0.1) is 11.3 Å². The van der Waals surface area contributed by atoms with Crippen molar-refractivity contribution in [3.05, 3.63) is 29.8 Å². The van der Waals surface area contributed by atoms with Gasteiger partial charge < -0.3 is 5.32 Å². The first-order chi connectivity index (χ1) is 8.21. The summed E-state index contributed by atoms with van der Waals surface area (Å²) in [6.07, 6.45) is 2.20. The molecule has 0 aliphatic carbocycles. The topological polar surface area (TPSA) is 72.8 Å². The number of nitrogens with one attached hydrogen (secondary N) is 1. The minimum absolute atomic E-state index is 0.144. The van der Waals surface area contributed by atoms with Crippen molar-refractivity contribution in [2.75, 3.05) is 18.2 Å². The SMILES string of the molecule is CSC(C#N)C(=O)Nc1ccc(CC[O])cc1. The summed E-state index contributed by atoms with van der Waals surface area (Å²) in [6, 6.07) is 8.98. The van der Waals surface area contributed by atoms with Crippen LogP contribution in [-0.4, -0.2) is 24.0 Å². The molecule has 1 atom stereocenters. The Morgan fingerprint density at radius 2 is 2.12 bits per heavy atom. The molecular weight excluding hydrogens is 236 g/mol. The van der Waals surface area contributed by atoms with Crippen LogP contribution in [0.4, 0.5) is 5.69 Å². The molecule has 0 saturated carbocycles. The van der Waals surface area contributed by atoms with Crippen molar-refractivity contribution in [1.29, 1.82) is 5.26 Å². The zero-order chi connectivity index (χ0) is 12.7. The Labute approximate surface area is 105 Å². The summed E-state index contributed by atoms with van der Waals surface area (Å²) in [4.78, 5) is 11.6. The summed E-state index contributed by atoms with van der Waals surface area (Å²) >= 11 is 1.19. The van der Waals surface area contributed by atoms with Gasteiger partial charge in [-0.2, -0.15) is 5.26 Å². The summed E-state index contributed by atoms with van der Waals surface area (Å²) < 4.78 is 0. The van der Waals surface area contributed by atoms with Crippen molar-refractivity contribution >= 4 is 23.4 Å². The minimum Gasteiger partial charge on any atom is -0.324 e. The first-order valence-electron chi connectivity index (χ1n) is 5.11. The van der Waals surface area contributed by atoms with Gasteiger partial charge in [-0.15, -0.1) is 11.8 Å². The van der Waals surface area contributed by atoms with E-state index in [1.54, 1.807) is 30.5 Å². The van der Waals surface area contributed by atoms with Gasteiger partial charge >= 0.3 is 0 Å². The molecule has 0 aliphatic heterocycles. The molecule has 0 fully saturated rings. The Kier molecular flexibility index (Phi) is 5.53. The van der Waals surface area contributed by atoms with Crippen LogP contribution in [0.25, 0.3) is 0 Å². The van der Waals surface area contributed by atoms with Gasteiger partial charge in [-0.25, -0.2) is 5.11 Å². The molecule has 1 amide bonds. The van der Waals surface area contributed by atoms with Crippen LogP contribution in [-0.2, 0) is 16.3 Å². The van der Waals surface area contributed by atoms with Gasteiger partial charge in [-0.1, -0.05) is 12.1 Å². The summed E-state index contributed by atoms with van der Waals surface area (Å²) in [7, 11) is 0. The monoisotopic (exact) mass is 249 g/mol. The second kappa shape index (κ2) is 6.94. The third kappa shape index (κ3) is 4.10. The molecule has 0 saturated heterocycles. The molecule has 0 aliphatic rings. The number of hydrogen-bond acceptors (Lipinski definition) is 3. The summed E-state index contributed by atoms with van der Waals surface area (Å²) in [5.41, 5.74) is 1.58. The van der Waals surface area contributed by atoms with Gasteiger partial charge in [-0.3, -0.25) is 4.79 Å². The van der Waals surface area contributed by atoms with E-state index < -0.39 is 5.25 Å². The molecule has 1 rings (SSSR count). The third-order valence-electron chi connectivity index (χ3n) is 2.20. The number of nitrogens with zero attached hydrogens (tertiary/aromatic N) is 1. The van der Waals surface area contributed by atoms with E-state index in [1.807, 2.05) is 6.07 Å². The van der Waals surface area contributed by atoms with Crippen molar-refractivity contribution in [2.24, 2.45) is 0 Å². The lowest BCUT2D eigenvalue weighted by Gasteiger charge is -2.08. The Hall–Kier alpha value is -1.51. The van der Waals surface area contributed by atoms with E-state index in [1.165, 1.54) is 11.8 Å². The second-order valence-corrected chi connectivity index (χ2v) is 4.33. The van der Waals surface area contributed by atoms with Crippen LogP contribution in [0.1, 0.15) is 5.56 Å². The Balaban J connectivity index is 2.63. The van der Waals surface area contributed by atoms with Crippen molar-refractivity contribution < 1.29 is 9.90 Å². The van der Waals surface area contributed by atoms with Crippen molar-refractivity contribution in [3.63, 3.8) is 0 Å².